The van der Waals surface area contributed by atoms with Gasteiger partial charge in [-0.25, -0.2) is 0 Å². The molecule has 0 aliphatic carbocycles. The number of nitriles is 1. The van der Waals surface area contributed by atoms with Crippen LogP contribution in [0.25, 0.3) is 0 Å². The normalized spacial score (nSPS) is 17.5. The molecule has 0 atom stereocenters. The van der Waals surface area contributed by atoms with Crippen LogP contribution >= 0.6 is 0 Å². The van der Waals surface area contributed by atoms with Crippen molar-refractivity contribution >= 4 is 11.8 Å². The van der Waals surface area contributed by atoms with Crippen molar-refractivity contribution < 1.29 is 14.3 Å². The monoisotopic (exact) mass is 286 g/mol. The first kappa shape index (κ1) is 15.0. The Hall–Kier alpha value is -2.35. The van der Waals surface area contributed by atoms with Gasteiger partial charge in [-0.15, -0.1) is 0 Å². The van der Waals surface area contributed by atoms with Crippen LogP contribution in [0.15, 0.2) is 18.2 Å². The molecule has 2 amide bonds. The maximum absolute atomic E-state index is 12.1. The highest BCUT2D eigenvalue weighted by Crippen LogP contribution is 2.32. The summed E-state index contributed by atoms with van der Waals surface area (Å²) in [5.41, 5.74) is 0.929. The molecule has 5 heteroatoms. The highest BCUT2D eigenvalue weighted by Gasteiger charge is 2.37. The number of imide groups is 1. The summed E-state index contributed by atoms with van der Waals surface area (Å²) >= 11 is 0. The van der Waals surface area contributed by atoms with E-state index in [1.54, 1.807) is 18.2 Å². The lowest BCUT2D eigenvalue weighted by Crippen LogP contribution is -2.45. The van der Waals surface area contributed by atoms with Crippen molar-refractivity contribution in [3.05, 3.63) is 29.3 Å². The van der Waals surface area contributed by atoms with Gasteiger partial charge in [-0.1, -0.05) is 19.9 Å². The fourth-order valence-electron chi connectivity index (χ4n) is 2.50. The van der Waals surface area contributed by atoms with Gasteiger partial charge in [0, 0.05) is 12.8 Å². The van der Waals surface area contributed by atoms with Crippen LogP contribution in [-0.2, 0) is 16.1 Å². The molecule has 0 saturated carbocycles. The van der Waals surface area contributed by atoms with Gasteiger partial charge in [0.25, 0.3) is 0 Å². The molecule has 1 saturated heterocycles. The molecule has 5 nitrogen and oxygen atoms in total. The third kappa shape index (κ3) is 3.22. The lowest BCUT2D eigenvalue weighted by molar-refractivity contribution is -0.153. The molecule has 0 aromatic heterocycles. The molecule has 2 rings (SSSR count). The Morgan fingerprint density at radius 3 is 2.43 bits per heavy atom. The van der Waals surface area contributed by atoms with Crippen molar-refractivity contribution in [2.45, 2.75) is 33.2 Å². The van der Waals surface area contributed by atoms with Crippen molar-refractivity contribution in [2.24, 2.45) is 5.41 Å². The molecule has 1 aliphatic heterocycles. The zero-order valence-electron chi connectivity index (χ0n) is 12.5. The number of carbonyl (C=O) groups excluding carboxylic acids is 2. The molecule has 1 fully saturated rings. The lowest BCUT2D eigenvalue weighted by atomic mass is 9.81. The zero-order chi connectivity index (χ0) is 15.6. The van der Waals surface area contributed by atoms with E-state index in [4.69, 9.17) is 10.00 Å². The maximum atomic E-state index is 12.1. The smallest absolute Gasteiger partial charge is 0.230 e. The van der Waals surface area contributed by atoms with Gasteiger partial charge in [-0.05, 0) is 23.1 Å². The fourth-order valence-corrected chi connectivity index (χ4v) is 2.50. The first-order valence-electron chi connectivity index (χ1n) is 6.76. The van der Waals surface area contributed by atoms with E-state index in [0.717, 1.165) is 5.56 Å². The number of benzene rings is 1. The number of ether oxygens (including phenoxy) is 1. The number of piperidine rings is 1. The molecule has 110 valence electrons. The summed E-state index contributed by atoms with van der Waals surface area (Å²) in [4.78, 5) is 25.5. The van der Waals surface area contributed by atoms with Gasteiger partial charge in [-0.3, -0.25) is 14.5 Å². The predicted molar refractivity (Wildman–Crippen MR) is 76.3 cm³/mol. The molecule has 1 aliphatic rings. The minimum absolute atomic E-state index is 0.153. The van der Waals surface area contributed by atoms with Crippen LogP contribution in [0.3, 0.4) is 0 Å². The number of rotatable bonds is 3. The molecule has 21 heavy (non-hydrogen) atoms. The Balaban J connectivity index is 2.21. The van der Waals surface area contributed by atoms with Gasteiger partial charge in [0.1, 0.15) is 11.8 Å². The first-order valence-corrected chi connectivity index (χ1v) is 6.76. The summed E-state index contributed by atoms with van der Waals surface area (Å²) < 4.78 is 5.14. The van der Waals surface area contributed by atoms with Crippen LogP contribution in [-0.4, -0.2) is 23.8 Å². The SMILES string of the molecule is COc1cc(CN2C(=O)CC(C)(C)CC2=O)ccc1C#N. The number of methoxy groups -OCH3 is 1. The molecular formula is C16H18N2O3. The summed E-state index contributed by atoms with van der Waals surface area (Å²) in [5, 5.41) is 8.95. The van der Waals surface area contributed by atoms with Crippen LogP contribution in [0.4, 0.5) is 0 Å². The van der Waals surface area contributed by atoms with Crippen LogP contribution in [0.1, 0.15) is 37.8 Å². The van der Waals surface area contributed by atoms with Crippen LogP contribution in [0.5, 0.6) is 5.75 Å². The number of hydrogen-bond acceptors (Lipinski definition) is 4. The highest BCUT2D eigenvalue weighted by molar-refractivity contribution is 5.98. The highest BCUT2D eigenvalue weighted by atomic mass is 16.5. The topological polar surface area (TPSA) is 70.4 Å². The van der Waals surface area contributed by atoms with Crippen molar-refractivity contribution in [1.29, 1.82) is 5.26 Å². The van der Waals surface area contributed by atoms with Crippen LogP contribution < -0.4 is 4.74 Å². The molecule has 0 radical (unpaired) electrons. The minimum Gasteiger partial charge on any atom is -0.495 e. The molecule has 1 heterocycles. The standard InChI is InChI=1S/C16H18N2O3/c1-16(2)7-14(19)18(15(20)8-16)10-11-4-5-12(9-17)13(6-11)21-3/h4-6H,7-8,10H2,1-3H3. The van der Waals surface area contributed by atoms with Gasteiger partial charge in [0.2, 0.25) is 11.8 Å². The van der Waals surface area contributed by atoms with Crippen LogP contribution in [0, 0.1) is 16.7 Å². The van der Waals surface area contributed by atoms with E-state index in [0.29, 0.717) is 24.2 Å². The summed E-state index contributed by atoms with van der Waals surface area (Å²) in [6, 6.07) is 7.10. The number of hydrogen-bond donors (Lipinski definition) is 0. The van der Waals surface area contributed by atoms with E-state index in [1.165, 1.54) is 12.0 Å². The Bertz CT molecular complexity index is 609. The predicted octanol–water partition coefficient (Wildman–Crippen LogP) is 2.24. The molecule has 0 spiro atoms. The average Bonchev–Trinajstić information content (AvgIpc) is 2.41. The molecule has 0 unspecified atom stereocenters. The fraction of sp³-hybridized carbons (Fsp3) is 0.438. The number of likely N-dealkylation sites (tertiary alicyclic amines) is 1. The Labute approximate surface area is 124 Å². The second-order valence-corrected chi connectivity index (χ2v) is 6.04. The quantitative estimate of drug-likeness (QED) is 0.799. The Morgan fingerprint density at radius 2 is 1.90 bits per heavy atom. The van der Waals surface area contributed by atoms with Crippen molar-refractivity contribution in [3.63, 3.8) is 0 Å². The largest absolute Gasteiger partial charge is 0.495 e. The average molecular weight is 286 g/mol. The van der Waals surface area contributed by atoms with Gasteiger partial charge in [-0.2, -0.15) is 5.26 Å². The second kappa shape index (κ2) is 5.57. The van der Waals surface area contributed by atoms with Crippen molar-refractivity contribution in [3.8, 4) is 11.8 Å². The van der Waals surface area contributed by atoms with Gasteiger partial charge >= 0.3 is 0 Å². The van der Waals surface area contributed by atoms with E-state index in [-0.39, 0.29) is 23.8 Å². The zero-order valence-corrected chi connectivity index (χ0v) is 12.5. The van der Waals surface area contributed by atoms with Crippen LogP contribution in [0.2, 0.25) is 0 Å². The number of carbonyl (C=O) groups is 2. The molecule has 0 N–H and O–H groups in total. The summed E-state index contributed by atoms with van der Waals surface area (Å²) in [5.74, 6) is 0.145. The second-order valence-electron chi connectivity index (χ2n) is 6.04. The summed E-state index contributed by atoms with van der Waals surface area (Å²) in [6.45, 7) is 4.06. The number of nitrogens with zero attached hydrogens (tertiary/aromatic N) is 2. The maximum Gasteiger partial charge on any atom is 0.230 e. The lowest BCUT2D eigenvalue weighted by Gasteiger charge is -2.34. The van der Waals surface area contributed by atoms with Gasteiger partial charge in [0.05, 0.1) is 19.2 Å². The molecule has 1 aromatic carbocycles. The third-order valence-corrected chi connectivity index (χ3v) is 3.59. The van der Waals surface area contributed by atoms with E-state index < -0.39 is 0 Å². The summed E-state index contributed by atoms with van der Waals surface area (Å²) in [7, 11) is 1.49. The molecular weight excluding hydrogens is 268 g/mol. The minimum atomic E-state index is -0.271. The van der Waals surface area contributed by atoms with Crippen molar-refractivity contribution in [2.75, 3.05) is 7.11 Å². The Morgan fingerprint density at radius 1 is 1.29 bits per heavy atom. The summed E-state index contributed by atoms with van der Waals surface area (Å²) in [6.07, 6.45) is 0.734. The third-order valence-electron chi connectivity index (χ3n) is 3.59. The Kier molecular flexibility index (Phi) is 3.99. The van der Waals surface area contributed by atoms with E-state index >= 15 is 0 Å². The molecule has 1 aromatic rings. The van der Waals surface area contributed by atoms with Gasteiger partial charge < -0.3 is 4.74 Å². The number of amides is 2. The van der Waals surface area contributed by atoms with E-state index in [2.05, 4.69) is 0 Å². The van der Waals surface area contributed by atoms with Gasteiger partial charge in [0.15, 0.2) is 0 Å². The molecule has 0 bridgehead atoms. The van der Waals surface area contributed by atoms with E-state index in [9.17, 15) is 9.59 Å². The van der Waals surface area contributed by atoms with Crippen molar-refractivity contribution in [1.82, 2.24) is 4.90 Å². The van der Waals surface area contributed by atoms with E-state index in [1.807, 2.05) is 19.9 Å². The first-order chi connectivity index (χ1) is 9.86.